The number of furan rings is 1. The van der Waals surface area contributed by atoms with Gasteiger partial charge in [-0.25, -0.2) is 17.9 Å². The number of rotatable bonds is 5. The number of amides is 1. The molecule has 0 radical (unpaired) electrons. The first-order valence-electron chi connectivity index (χ1n) is 6.07. The molecule has 0 aliphatic rings. The number of carboxylic acids is 1. The molecule has 0 aliphatic heterocycles. The zero-order valence-corrected chi connectivity index (χ0v) is 13.0. The SMILES string of the molecule is Cc1oc(C(=O)O)cc1S(=O)(=O)NCC(=O)NC(C)(C)C. The maximum Gasteiger partial charge on any atom is 0.371 e. The third-order valence-electron chi connectivity index (χ3n) is 2.31. The van der Waals surface area contributed by atoms with Gasteiger partial charge in [0.1, 0.15) is 10.7 Å². The normalized spacial score (nSPS) is 12.2. The van der Waals surface area contributed by atoms with E-state index in [1.54, 1.807) is 20.8 Å². The lowest BCUT2D eigenvalue weighted by molar-refractivity contribution is -0.121. The summed E-state index contributed by atoms with van der Waals surface area (Å²) in [4.78, 5) is 22.0. The number of aryl methyl sites for hydroxylation is 1. The summed E-state index contributed by atoms with van der Waals surface area (Å²) < 4.78 is 31.0. The average Bonchev–Trinajstić information content (AvgIpc) is 2.67. The van der Waals surface area contributed by atoms with Gasteiger partial charge in [0, 0.05) is 11.6 Å². The van der Waals surface area contributed by atoms with E-state index in [4.69, 9.17) is 9.52 Å². The highest BCUT2D eigenvalue weighted by atomic mass is 32.2. The van der Waals surface area contributed by atoms with E-state index in [1.165, 1.54) is 6.92 Å². The monoisotopic (exact) mass is 318 g/mol. The van der Waals surface area contributed by atoms with E-state index in [2.05, 4.69) is 10.0 Å². The van der Waals surface area contributed by atoms with Crippen LogP contribution >= 0.6 is 0 Å². The summed E-state index contributed by atoms with van der Waals surface area (Å²) in [5.74, 6) is -2.40. The van der Waals surface area contributed by atoms with Crippen LogP contribution in [-0.4, -0.2) is 37.5 Å². The second-order valence-corrected chi connectivity index (χ2v) is 7.19. The molecule has 118 valence electrons. The third kappa shape index (κ3) is 4.87. The minimum atomic E-state index is -4.02. The maximum atomic E-state index is 12.0. The minimum Gasteiger partial charge on any atom is -0.475 e. The van der Waals surface area contributed by atoms with Crippen molar-refractivity contribution in [2.75, 3.05) is 6.54 Å². The molecule has 0 bridgehead atoms. The van der Waals surface area contributed by atoms with E-state index in [0.29, 0.717) is 0 Å². The minimum absolute atomic E-state index is 0.0591. The standard InChI is InChI=1S/C12H18N2O6S/c1-7-9(5-8(20-7)11(16)17)21(18,19)13-6-10(15)14-12(2,3)4/h5,13H,6H2,1-4H3,(H,14,15)(H,16,17). The Labute approximate surface area is 122 Å². The highest BCUT2D eigenvalue weighted by Crippen LogP contribution is 2.19. The van der Waals surface area contributed by atoms with E-state index in [-0.39, 0.29) is 10.7 Å². The van der Waals surface area contributed by atoms with Crippen molar-refractivity contribution in [1.29, 1.82) is 0 Å². The second kappa shape index (κ2) is 5.86. The molecule has 8 nitrogen and oxygen atoms in total. The Bertz CT molecular complexity index is 654. The lowest BCUT2D eigenvalue weighted by Crippen LogP contribution is -2.45. The predicted molar refractivity (Wildman–Crippen MR) is 73.5 cm³/mol. The van der Waals surface area contributed by atoms with Crippen molar-refractivity contribution in [3.63, 3.8) is 0 Å². The van der Waals surface area contributed by atoms with E-state index in [1.807, 2.05) is 0 Å². The van der Waals surface area contributed by atoms with Crippen molar-refractivity contribution in [2.24, 2.45) is 0 Å². The molecule has 1 rings (SSSR count). The summed E-state index contributed by atoms with van der Waals surface area (Å²) in [7, 11) is -4.02. The van der Waals surface area contributed by atoms with Crippen LogP contribution in [0.5, 0.6) is 0 Å². The number of hydrogen-bond acceptors (Lipinski definition) is 5. The summed E-state index contributed by atoms with van der Waals surface area (Å²) in [6.07, 6.45) is 0. The lowest BCUT2D eigenvalue weighted by Gasteiger charge is -2.20. The van der Waals surface area contributed by atoms with Gasteiger partial charge in [0.2, 0.25) is 21.7 Å². The number of nitrogens with one attached hydrogen (secondary N) is 2. The molecule has 0 aromatic carbocycles. The van der Waals surface area contributed by atoms with E-state index >= 15 is 0 Å². The molecule has 1 aromatic heterocycles. The van der Waals surface area contributed by atoms with Crippen molar-refractivity contribution in [1.82, 2.24) is 10.0 Å². The van der Waals surface area contributed by atoms with Gasteiger partial charge >= 0.3 is 5.97 Å². The van der Waals surface area contributed by atoms with Crippen LogP contribution in [0.25, 0.3) is 0 Å². The number of sulfonamides is 1. The van der Waals surface area contributed by atoms with Gasteiger partial charge in [-0.2, -0.15) is 0 Å². The van der Waals surface area contributed by atoms with Crippen LogP contribution in [0.1, 0.15) is 37.1 Å². The fourth-order valence-corrected chi connectivity index (χ4v) is 2.70. The zero-order valence-electron chi connectivity index (χ0n) is 12.2. The lowest BCUT2D eigenvalue weighted by atomic mass is 10.1. The Morgan fingerprint density at radius 3 is 2.33 bits per heavy atom. The molecule has 0 saturated heterocycles. The summed E-state index contributed by atoms with van der Waals surface area (Å²) >= 11 is 0. The number of carboxylic acid groups (broad SMARTS) is 1. The molecule has 9 heteroatoms. The number of carbonyl (C=O) groups is 2. The van der Waals surface area contributed by atoms with Crippen LogP contribution in [0, 0.1) is 6.92 Å². The molecule has 0 atom stereocenters. The molecule has 0 saturated carbocycles. The zero-order chi connectivity index (χ0) is 16.4. The molecule has 21 heavy (non-hydrogen) atoms. The molecule has 3 N–H and O–H groups in total. The number of hydrogen-bond donors (Lipinski definition) is 3. The number of aromatic carboxylic acids is 1. The second-order valence-electron chi connectivity index (χ2n) is 5.46. The predicted octanol–water partition coefficient (Wildman–Crippen LogP) is 0.479. The topological polar surface area (TPSA) is 126 Å². The fraction of sp³-hybridized carbons (Fsp3) is 0.500. The summed E-state index contributed by atoms with van der Waals surface area (Å²) in [6, 6.07) is 0.904. The van der Waals surface area contributed by atoms with Crippen molar-refractivity contribution >= 4 is 21.9 Å². The molecule has 0 unspecified atom stereocenters. The Morgan fingerprint density at radius 1 is 1.33 bits per heavy atom. The molecule has 1 aromatic rings. The Hall–Kier alpha value is -1.87. The van der Waals surface area contributed by atoms with Gasteiger partial charge in [-0.1, -0.05) is 0 Å². The van der Waals surface area contributed by atoms with Gasteiger partial charge < -0.3 is 14.8 Å². The van der Waals surface area contributed by atoms with Crippen LogP contribution in [0.2, 0.25) is 0 Å². The van der Waals surface area contributed by atoms with Crippen LogP contribution in [0.4, 0.5) is 0 Å². The van der Waals surface area contributed by atoms with Crippen LogP contribution < -0.4 is 10.0 Å². The summed E-state index contributed by atoms with van der Waals surface area (Å²) in [6.45, 7) is 6.17. The molecule has 0 aliphatic carbocycles. The molecule has 1 heterocycles. The Kier molecular flexibility index (Phi) is 4.79. The van der Waals surface area contributed by atoms with Crippen LogP contribution in [0.3, 0.4) is 0 Å². The van der Waals surface area contributed by atoms with Gasteiger partial charge in [-0.15, -0.1) is 0 Å². The van der Waals surface area contributed by atoms with Gasteiger partial charge in [0.25, 0.3) is 0 Å². The van der Waals surface area contributed by atoms with E-state index < -0.39 is 39.7 Å². The Balaban J connectivity index is 2.83. The highest BCUT2D eigenvalue weighted by Gasteiger charge is 2.24. The molecule has 0 fully saturated rings. The van der Waals surface area contributed by atoms with Crippen LogP contribution in [-0.2, 0) is 14.8 Å². The first kappa shape index (κ1) is 17.2. The van der Waals surface area contributed by atoms with E-state index in [0.717, 1.165) is 6.07 Å². The van der Waals surface area contributed by atoms with Crippen molar-refractivity contribution in [3.8, 4) is 0 Å². The molecule has 1 amide bonds. The summed E-state index contributed by atoms with van der Waals surface area (Å²) in [5, 5.41) is 11.4. The largest absolute Gasteiger partial charge is 0.475 e. The molecule has 0 spiro atoms. The quantitative estimate of drug-likeness (QED) is 0.725. The average molecular weight is 318 g/mol. The van der Waals surface area contributed by atoms with Crippen molar-refractivity contribution in [2.45, 2.75) is 38.1 Å². The Morgan fingerprint density at radius 2 is 1.90 bits per heavy atom. The smallest absolute Gasteiger partial charge is 0.371 e. The van der Waals surface area contributed by atoms with Crippen molar-refractivity contribution < 1.29 is 27.5 Å². The number of carbonyl (C=O) groups excluding carboxylic acids is 1. The van der Waals surface area contributed by atoms with Crippen LogP contribution in [0.15, 0.2) is 15.4 Å². The van der Waals surface area contributed by atoms with Crippen molar-refractivity contribution in [3.05, 3.63) is 17.6 Å². The summed E-state index contributed by atoms with van der Waals surface area (Å²) in [5.41, 5.74) is -0.482. The first-order chi connectivity index (χ1) is 9.42. The van der Waals surface area contributed by atoms with Gasteiger partial charge in [-0.05, 0) is 27.7 Å². The highest BCUT2D eigenvalue weighted by molar-refractivity contribution is 7.89. The maximum absolute atomic E-state index is 12.0. The first-order valence-corrected chi connectivity index (χ1v) is 7.55. The third-order valence-corrected chi connectivity index (χ3v) is 3.82. The van der Waals surface area contributed by atoms with Gasteiger partial charge in [0.15, 0.2) is 0 Å². The van der Waals surface area contributed by atoms with Gasteiger partial charge in [-0.3, -0.25) is 4.79 Å². The molecular formula is C12H18N2O6S. The van der Waals surface area contributed by atoms with E-state index in [9.17, 15) is 18.0 Å². The molecular weight excluding hydrogens is 300 g/mol. The van der Waals surface area contributed by atoms with Gasteiger partial charge in [0.05, 0.1) is 6.54 Å². The fourth-order valence-electron chi connectivity index (χ4n) is 1.54.